The van der Waals surface area contributed by atoms with Crippen molar-refractivity contribution in [3.05, 3.63) is 34.2 Å². The van der Waals surface area contributed by atoms with Crippen molar-refractivity contribution in [3.8, 4) is 0 Å². The quantitative estimate of drug-likeness (QED) is 0.836. The first-order chi connectivity index (χ1) is 8.63. The van der Waals surface area contributed by atoms with Gasteiger partial charge in [0.05, 0.1) is 6.10 Å². The third-order valence-corrected chi connectivity index (χ3v) is 4.08. The molecule has 4 nitrogen and oxygen atoms in total. The van der Waals surface area contributed by atoms with Crippen LogP contribution in [0.25, 0.3) is 0 Å². The minimum absolute atomic E-state index is 0.131. The largest absolute Gasteiger partial charge is 0.392 e. The van der Waals surface area contributed by atoms with E-state index in [1.807, 2.05) is 17.6 Å². The van der Waals surface area contributed by atoms with Gasteiger partial charge >= 0.3 is 0 Å². The molecule has 4 heteroatoms. The number of likely N-dealkylation sites (tertiary alicyclic amines) is 1. The first-order valence-electron chi connectivity index (χ1n) is 6.73. The summed E-state index contributed by atoms with van der Waals surface area (Å²) in [5, 5.41) is 9.51. The molecule has 2 aliphatic rings. The molecule has 3 rings (SSSR count). The number of β-amino-alcohol motifs (C(OH)–C–C–N with tert-alkyl or cyclic N) is 1. The number of fused-ring (bicyclic) bond motifs is 4. The highest BCUT2D eigenvalue weighted by molar-refractivity contribution is 5.16. The Labute approximate surface area is 107 Å². The summed E-state index contributed by atoms with van der Waals surface area (Å²) in [5.41, 5.74) is 1.31. The predicted molar refractivity (Wildman–Crippen MR) is 69.7 cm³/mol. The zero-order valence-electron chi connectivity index (χ0n) is 10.7. The van der Waals surface area contributed by atoms with Gasteiger partial charge in [0.25, 0.3) is 5.56 Å². The van der Waals surface area contributed by atoms with E-state index >= 15 is 0 Å². The molecular weight excluding hydrogens is 228 g/mol. The van der Waals surface area contributed by atoms with Crippen molar-refractivity contribution in [2.75, 3.05) is 19.6 Å². The molecule has 0 saturated carbocycles. The minimum Gasteiger partial charge on any atom is -0.392 e. The molecular formula is C14H20N2O2. The minimum atomic E-state index is -0.276. The van der Waals surface area contributed by atoms with Crippen LogP contribution in [0.5, 0.6) is 0 Å². The summed E-state index contributed by atoms with van der Waals surface area (Å²) < 4.78 is 1.94. The highest BCUT2D eigenvalue weighted by atomic mass is 16.3. The Balaban J connectivity index is 1.88. The van der Waals surface area contributed by atoms with Crippen molar-refractivity contribution in [1.82, 2.24) is 9.47 Å². The molecule has 0 unspecified atom stereocenters. The number of hydrogen-bond acceptors (Lipinski definition) is 3. The summed E-state index contributed by atoms with van der Waals surface area (Å²) in [6.07, 6.45) is 0.904. The second kappa shape index (κ2) is 4.52. The summed E-state index contributed by atoms with van der Waals surface area (Å²) in [7, 11) is 0. The summed E-state index contributed by atoms with van der Waals surface area (Å²) in [4.78, 5) is 14.2. The van der Waals surface area contributed by atoms with Crippen LogP contribution in [0.1, 0.15) is 25.0 Å². The molecule has 1 saturated heterocycles. The van der Waals surface area contributed by atoms with Crippen LogP contribution in [0.4, 0.5) is 0 Å². The van der Waals surface area contributed by atoms with Gasteiger partial charge in [0.1, 0.15) is 0 Å². The van der Waals surface area contributed by atoms with Gasteiger partial charge in [-0.2, -0.15) is 0 Å². The summed E-state index contributed by atoms with van der Waals surface area (Å²) in [5.74, 6) is 1.00. The molecule has 3 atom stereocenters. The van der Waals surface area contributed by atoms with Crippen molar-refractivity contribution >= 4 is 0 Å². The van der Waals surface area contributed by atoms with Crippen LogP contribution in [-0.2, 0) is 6.54 Å². The lowest BCUT2D eigenvalue weighted by molar-refractivity contribution is 0.0700. The van der Waals surface area contributed by atoms with Crippen LogP contribution in [0.2, 0.25) is 0 Å². The smallest absolute Gasteiger partial charge is 0.250 e. The molecule has 0 radical (unpaired) electrons. The Bertz CT molecular complexity index is 495. The van der Waals surface area contributed by atoms with Gasteiger partial charge in [-0.1, -0.05) is 6.07 Å². The maximum atomic E-state index is 11.9. The van der Waals surface area contributed by atoms with Gasteiger partial charge in [0.15, 0.2) is 0 Å². The molecule has 1 aromatic rings. The number of pyridine rings is 1. The zero-order chi connectivity index (χ0) is 12.7. The fourth-order valence-corrected chi connectivity index (χ4v) is 3.52. The number of aliphatic hydroxyl groups is 1. The van der Waals surface area contributed by atoms with Crippen LogP contribution >= 0.6 is 0 Å². The first-order valence-corrected chi connectivity index (χ1v) is 6.73. The summed E-state index contributed by atoms with van der Waals surface area (Å²) in [6.45, 7) is 5.38. The molecule has 2 bridgehead atoms. The molecule has 1 aromatic heterocycles. The molecule has 1 N–H and O–H groups in total. The number of hydrogen-bond donors (Lipinski definition) is 1. The lowest BCUT2D eigenvalue weighted by Gasteiger charge is -2.43. The molecule has 0 aromatic carbocycles. The van der Waals surface area contributed by atoms with Crippen molar-refractivity contribution in [2.24, 2.45) is 5.92 Å². The highest BCUT2D eigenvalue weighted by Gasteiger charge is 2.34. The topological polar surface area (TPSA) is 45.5 Å². The normalized spacial score (nSPS) is 28.8. The van der Waals surface area contributed by atoms with E-state index in [0.717, 1.165) is 26.2 Å². The number of piperidine rings is 1. The van der Waals surface area contributed by atoms with Crippen molar-refractivity contribution < 1.29 is 5.11 Å². The maximum Gasteiger partial charge on any atom is 0.250 e. The van der Waals surface area contributed by atoms with Crippen LogP contribution in [0, 0.1) is 5.92 Å². The average molecular weight is 248 g/mol. The van der Waals surface area contributed by atoms with E-state index in [1.165, 1.54) is 12.1 Å². The van der Waals surface area contributed by atoms with E-state index in [9.17, 15) is 9.90 Å². The van der Waals surface area contributed by atoms with E-state index in [1.54, 1.807) is 6.07 Å². The van der Waals surface area contributed by atoms with E-state index in [4.69, 9.17) is 0 Å². The number of aliphatic hydroxyl groups excluding tert-OH is 1. The molecule has 0 aliphatic carbocycles. The summed E-state index contributed by atoms with van der Waals surface area (Å²) >= 11 is 0. The van der Waals surface area contributed by atoms with E-state index in [-0.39, 0.29) is 11.7 Å². The molecule has 98 valence electrons. The maximum absolute atomic E-state index is 11.9. The third kappa shape index (κ3) is 2.10. The lowest BCUT2D eigenvalue weighted by atomic mass is 9.83. The van der Waals surface area contributed by atoms with Gasteiger partial charge in [-0.3, -0.25) is 9.69 Å². The molecule has 1 fully saturated rings. The molecule has 0 spiro atoms. The SMILES string of the molecule is C[C@H](O)CN1C[C@H]2C[C@@H](C1)c1cccc(=O)n1C2. The Morgan fingerprint density at radius 2 is 2.22 bits per heavy atom. The third-order valence-electron chi connectivity index (χ3n) is 4.08. The second-order valence-corrected chi connectivity index (χ2v) is 5.77. The zero-order valence-corrected chi connectivity index (χ0v) is 10.7. The average Bonchev–Trinajstić information content (AvgIpc) is 2.29. The molecule has 18 heavy (non-hydrogen) atoms. The standard InChI is InChI=1S/C14H20N2O2/c1-10(17)6-15-7-11-5-12(9-15)13-3-2-4-14(18)16(13)8-11/h2-4,10-12,17H,5-9H2,1H3/t10-,11+,12-/m0/s1. The Kier molecular flexibility index (Phi) is 2.99. The predicted octanol–water partition coefficient (Wildman–Crippen LogP) is 0.648. The number of nitrogens with zero attached hydrogens (tertiary/aromatic N) is 2. The second-order valence-electron chi connectivity index (χ2n) is 5.77. The Hall–Kier alpha value is -1.13. The van der Waals surface area contributed by atoms with Crippen LogP contribution in [-0.4, -0.2) is 40.3 Å². The van der Waals surface area contributed by atoms with E-state index in [0.29, 0.717) is 11.8 Å². The number of rotatable bonds is 2. The van der Waals surface area contributed by atoms with Gasteiger partial charge in [0, 0.05) is 43.9 Å². The van der Waals surface area contributed by atoms with Crippen molar-refractivity contribution in [2.45, 2.75) is 31.9 Å². The fraction of sp³-hybridized carbons (Fsp3) is 0.643. The molecule has 2 aliphatic heterocycles. The van der Waals surface area contributed by atoms with Crippen molar-refractivity contribution in [3.63, 3.8) is 0 Å². The summed E-state index contributed by atoms with van der Waals surface area (Å²) in [6, 6.07) is 5.59. The lowest BCUT2D eigenvalue weighted by Crippen LogP contribution is -2.48. The Morgan fingerprint density at radius 1 is 1.39 bits per heavy atom. The number of aromatic nitrogens is 1. The molecule has 3 heterocycles. The van der Waals surface area contributed by atoms with Crippen molar-refractivity contribution in [1.29, 1.82) is 0 Å². The molecule has 0 amide bonds. The van der Waals surface area contributed by atoms with Gasteiger partial charge in [-0.15, -0.1) is 0 Å². The highest BCUT2D eigenvalue weighted by Crippen LogP contribution is 2.34. The van der Waals surface area contributed by atoms with E-state index in [2.05, 4.69) is 11.0 Å². The van der Waals surface area contributed by atoms with Crippen LogP contribution in [0.3, 0.4) is 0 Å². The first kappa shape index (κ1) is 11.9. The van der Waals surface area contributed by atoms with E-state index < -0.39 is 0 Å². The fourth-order valence-electron chi connectivity index (χ4n) is 3.52. The van der Waals surface area contributed by atoms with Crippen LogP contribution in [0.15, 0.2) is 23.0 Å². The Morgan fingerprint density at radius 3 is 3.00 bits per heavy atom. The van der Waals surface area contributed by atoms with Gasteiger partial charge < -0.3 is 9.67 Å². The van der Waals surface area contributed by atoms with Gasteiger partial charge in [-0.25, -0.2) is 0 Å². The van der Waals surface area contributed by atoms with Gasteiger partial charge in [-0.05, 0) is 25.3 Å². The van der Waals surface area contributed by atoms with Gasteiger partial charge in [0.2, 0.25) is 0 Å². The monoisotopic (exact) mass is 248 g/mol. The van der Waals surface area contributed by atoms with Crippen LogP contribution < -0.4 is 5.56 Å².